The zero-order valence-corrected chi connectivity index (χ0v) is 14.6. The van der Waals surface area contributed by atoms with Gasteiger partial charge >= 0.3 is 0 Å². The maximum Gasteiger partial charge on any atom is 0.148 e. The van der Waals surface area contributed by atoms with Gasteiger partial charge in [0.25, 0.3) is 0 Å². The van der Waals surface area contributed by atoms with E-state index in [2.05, 4.69) is 43.2 Å². The Labute approximate surface area is 135 Å². The van der Waals surface area contributed by atoms with Gasteiger partial charge in [0.15, 0.2) is 0 Å². The number of nitrogens with one attached hydrogen (secondary N) is 1. The second-order valence-electron chi connectivity index (χ2n) is 6.24. The molecule has 1 N–H and O–H groups in total. The summed E-state index contributed by atoms with van der Waals surface area (Å²) in [5.41, 5.74) is 2.43. The summed E-state index contributed by atoms with van der Waals surface area (Å²) in [7, 11) is 0. The van der Waals surface area contributed by atoms with Crippen molar-refractivity contribution in [3.05, 3.63) is 33.8 Å². The summed E-state index contributed by atoms with van der Waals surface area (Å²) in [6.07, 6.45) is 2.03. The summed E-state index contributed by atoms with van der Waals surface area (Å²) in [6, 6.07) is 5.88. The molecule has 0 aliphatic rings. The van der Waals surface area contributed by atoms with Gasteiger partial charge in [-0.05, 0) is 58.4 Å². The first kappa shape index (κ1) is 16.4. The predicted molar refractivity (Wildman–Crippen MR) is 91.2 cm³/mol. The van der Waals surface area contributed by atoms with Gasteiger partial charge in [-0.1, -0.05) is 29.0 Å². The number of hydrogen-bond acceptors (Lipinski definition) is 4. The Morgan fingerprint density at radius 1 is 1.24 bits per heavy atom. The minimum Gasteiger partial charge on any atom is -0.312 e. The molecule has 2 aromatic rings. The van der Waals surface area contributed by atoms with Crippen LogP contribution in [-0.2, 0) is 6.42 Å². The van der Waals surface area contributed by atoms with E-state index in [0.717, 1.165) is 40.0 Å². The summed E-state index contributed by atoms with van der Waals surface area (Å²) >= 11 is 7.72. The lowest BCUT2D eigenvalue weighted by molar-refractivity contribution is 0.422. The molecule has 0 fully saturated rings. The fourth-order valence-electron chi connectivity index (χ4n) is 1.99. The first-order chi connectivity index (χ1) is 9.85. The second-order valence-corrected chi connectivity index (χ2v) is 7.74. The molecule has 0 aliphatic heterocycles. The smallest absolute Gasteiger partial charge is 0.148 e. The van der Waals surface area contributed by atoms with Gasteiger partial charge in [-0.25, -0.2) is 0 Å². The maximum absolute atomic E-state index is 6.07. The zero-order valence-electron chi connectivity index (χ0n) is 13.0. The second kappa shape index (κ2) is 6.86. The van der Waals surface area contributed by atoms with Gasteiger partial charge < -0.3 is 5.32 Å². The lowest BCUT2D eigenvalue weighted by Crippen LogP contribution is -2.36. The minimum atomic E-state index is 0.171. The Hall–Kier alpha value is -0.970. The van der Waals surface area contributed by atoms with Crippen LogP contribution < -0.4 is 5.32 Å². The molecule has 0 unspecified atom stereocenters. The summed E-state index contributed by atoms with van der Waals surface area (Å²) < 4.78 is 0. The van der Waals surface area contributed by atoms with Crippen molar-refractivity contribution in [3.8, 4) is 10.6 Å². The monoisotopic (exact) mass is 323 g/mol. The first-order valence-corrected chi connectivity index (χ1v) is 8.38. The molecule has 0 amide bonds. The van der Waals surface area contributed by atoms with Crippen molar-refractivity contribution in [3.63, 3.8) is 0 Å². The van der Waals surface area contributed by atoms with Crippen LogP contribution in [-0.4, -0.2) is 22.3 Å². The highest BCUT2D eigenvalue weighted by Gasteiger charge is 2.11. The number of halogens is 1. The van der Waals surface area contributed by atoms with Crippen molar-refractivity contribution in [1.82, 2.24) is 15.5 Å². The third-order valence-electron chi connectivity index (χ3n) is 3.12. The van der Waals surface area contributed by atoms with E-state index in [1.807, 2.05) is 18.2 Å². The molecule has 0 radical (unpaired) electrons. The molecule has 1 heterocycles. The SMILES string of the molecule is Cc1ccc(Cl)cc1-c1nnc(CCCNC(C)(C)C)s1. The number of hydrogen-bond donors (Lipinski definition) is 1. The third-order valence-corrected chi connectivity index (χ3v) is 4.37. The maximum atomic E-state index is 6.07. The molecule has 3 nitrogen and oxygen atoms in total. The van der Waals surface area contributed by atoms with Crippen molar-refractivity contribution in [2.24, 2.45) is 0 Å². The van der Waals surface area contributed by atoms with E-state index >= 15 is 0 Å². The van der Waals surface area contributed by atoms with Gasteiger partial charge in [0.05, 0.1) is 0 Å². The average Bonchev–Trinajstić information content (AvgIpc) is 2.85. The topological polar surface area (TPSA) is 37.8 Å². The third kappa shape index (κ3) is 5.06. The molecular formula is C16H22ClN3S. The van der Waals surface area contributed by atoms with E-state index in [0.29, 0.717) is 0 Å². The van der Waals surface area contributed by atoms with Crippen LogP contribution in [0.3, 0.4) is 0 Å². The molecule has 0 saturated carbocycles. The number of aryl methyl sites for hydroxylation is 2. The van der Waals surface area contributed by atoms with Crippen molar-refractivity contribution in [2.75, 3.05) is 6.54 Å². The summed E-state index contributed by atoms with van der Waals surface area (Å²) in [5.74, 6) is 0. The van der Waals surface area contributed by atoms with Crippen LogP contribution in [0.4, 0.5) is 0 Å². The molecule has 21 heavy (non-hydrogen) atoms. The summed E-state index contributed by atoms with van der Waals surface area (Å²) in [5, 5.41) is 14.9. The van der Waals surface area contributed by atoms with E-state index in [4.69, 9.17) is 11.6 Å². The van der Waals surface area contributed by atoms with Crippen molar-refractivity contribution in [1.29, 1.82) is 0 Å². The average molecular weight is 324 g/mol. The van der Waals surface area contributed by atoms with Crippen LogP contribution in [0.1, 0.15) is 37.8 Å². The van der Waals surface area contributed by atoms with Crippen molar-refractivity contribution in [2.45, 2.75) is 46.1 Å². The van der Waals surface area contributed by atoms with E-state index in [1.165, 1.54) is 5.56 Å². The Kier molecular flexibility index (Phi) is 5.36. The molecular weight excluding hydrogens is 302 g/mol. The molecule has 0 saturated heterocycles. The fraction of sp³-hybridized carbons (Fsp3) is 0.500. The van der Waals surface area contributed by atoms with Crippen LogP contribution in [0.2, 0.25) is 5.02 Å². The Morgan fingerprint density at radius 3 is 2.71 bits per heavy atom. The molecule has 5 heteroatoms. The number of aromatic nitrogens is 2. The predicted octanol–water partition coefficient (Wildman–Crippen LogP) is 4.49. The molecule has 0 bridgehead atoms. The quantitative estimate of drug-likeness (QED) is 0.824. The highest BCUT2D eigenvalue weighted by molar-refractivity contribution is 7.14. The minimum absolute atomic E-state index is 0.171. The molecule has 2 rings (SSSR count). The summed E-state index contributed by atoms with van der Waals surface area (Å²) in [4.78, 5) is 0. The largest absolute Gasteiger partial charge is 0.312 e. The zero-order chi connectivity index (χ0) is 15.5. The van der Waals surface area contributed by atoms with E-state index < -0.39 is 0 Å². The lowest BCUT2D eigenvalue weighted by Gasteiger charge is -2.20. The Bertz CT molecular complexity index is 602. The molecule has 1 aromatic heterocycles. The summed E-state index contributed by atoms with van der Waals surface area (Å²) in [6.45, 7) is 9.60. The van der Waals surface area contributed by atoms with Gasteiger partial charge in [0.2, 0.25) is 0 Å². The van der Waals surface area contributed by atoms with Crippen LogP contribution in [0.5, 0.6) is 0 Å². The molecule has 114 valence electrons. The van der Waals surface area contributed by atoms with Gasteiger partial charge in [-0.3, -0.25) is 0 Å². The van der Waals surface area contributed by atoms with Crippen LogP contribution in [0, 0.1) is 6.92 Å². The highest BCUT2D eigenvalue weighted by atomic mass is 35.5. The van der Waals surface area contributed by atoms with Crippen molar-refractivity contribution >= 4 is 22.9 Å². The molecule has 0 spiro atoms. The molecule has 1 aromatic carbocycles. The van der Waals surface area contributed by atoms with Gasteiger partial charge in [0, 0.05) is 22.5 Å². The van der Waals surface area contributed by atoms with Gasteiger partial charge in [-0.15, -0.1) is 10.2 Å². The number of rotatable bonds is 5. The molecule has 0 aliphatic carbocycles. The normalized spacial score (nSPS) is 11.9. The van der Waals surface area contributed by atoms with E-state index in [9.17, 15) is 0 Å². The first-order valence-electron chi connectivity index (χ1n) is 7.19. The number of benzene rings is 1. The van der Waals surface area contributed by atoms with Crippen LogP contribution >= 0.6 is 22.9 Å². The van der Waals surface area contributed by atoms with Gasteiger partial charge in [0.1, 0.15) is 10.0 Å². The Balaban J connectivity index is 1.97. The highest BCUT2D eigenvalue weighted by Crippen LogP contribution is 2.29. The van der Waals surface area contributed by atoms with Crippen molar-refractivity contribution < 1.29 is 0 Å². The lowest BCUT2D eigenvalue weighted by atomic mass is 10.1. The molecule has 0 atom stereocenters. The van der Waals surface area contributed by atoms with Crippen LogP contribution in [0.15, 0.2) is 18.2 Å². The van der Waals surface area contributed by atoms with E-state index in [1.54, 1.807) is 11.3 Å². The fourth-order valence-corrected chi connectivity index (χ4v) is 3.13. The van der Waals surface area contributed by atoms with E-state index in [-0.39, 0.29) is 5.54 Å². The Morgan fingerprint density at radius 2 is 2.00 bits per heavy atom. The van der Waals surface area contributed by atoms with Crippen LogP contribution in [0.25, 0.3) is 10.6 Å². The standard InChI is InChI=1S/C16H22ClN3S/c1-11-7-8-12(17)10-13(11)15-20-19-14(21-15)6-5-9-18-16(2,3)4/h7-8,10,18H,5-6,9H2,1-4H3. The van der Waals surface area contributed by atoms with Gasteiger partial charge in [-0.2, -0.15) is 0 Å². The number of nitrogens with zero attached hydrogens (tertiary/aromatic N) is 2.